The lowest BCUT2D eigenvalue weighted by molar-refractivity contribution is -0.116. The standard InChI is InChI=1S/C31H44N2O/c1-19(2)26-13-11-14-27(20(3)4)30(26)32-23(9)17-25(34)18-24(10)33-31-28(21(5)6)15-12-16-29(31)22(7)8/h11-16,19-22H,17-18H2,1-10H3. The highest BCUT2D eigenvalue weighted by Gasteiger charge is 2.16. The van der Waals surface area contributed by atoms with Gasteiger partial charge in [-0.05, 0) is 59.8 Å². The second-order valence-electron chi connectivity index (χ2n) is 10.8. The van der Waals surface area contributed by atoms with E-state index in [9.17, 15) is 4.79 Å². The molecule has 3 heteroatoms. The number of hydrogen-bond acceptors (Lipinski definition) is 3. The minimum Gasteiger partial charge on any atom is -0.299 e. The number of para-hydroxylation sites is 2. The summed E-state index contributed by atoms with van der Waals surface area (Å²) in [5.41, 5.74) is 8.75. The van der Waals surface area contributed by atoms with Crippen LogP contribution in [0.2, 0.25) is 0 Å². The number of carbonyl (C=O) groups is 1. The van der Waals surface area contributed by atoms with Crippen LogP contribution in [0.25, 0.3) is 0 Å². The Kier molecular flexibility index (Phi) is 9.97. The molecule has 0 N–H and O–H groups in total. The molecule has 3 nitrogen and oxygen atoms in total. The first-order chi connectivity index (χ1) is 15.9. The average molecular weight is 461 g/mol. The summed E-state index contributed by atoms with van der Waals surface area (Å²) in [5, 5.41) is 0. The van der Waals surface area contributed by atoms with Gasteiger partial charge in [-0.2, -0.15) is 0 Å². The molecule has 0 aliphatic carbocycles. The summed E-state index contributed by atoms with van der Waals surface area (Å²) in [6, 6.07) is 12.8. The van der Waals surface area contributed by atoms with E-state index in [0.29, 0.717) is 36.5 Å². The summed E-state index contributed by atoms with van der Waals surface area (Å²) in [6.45, 7) is 21.5. The van der Waals surface area contributed by atoms with Gasteiger partial charge in [-0.15, -0.1) is 0 Å². The van der Waals surface area contributed by atoms with Crippen LogP contribution < -0.4 is 0 Å². The van der Waals surface area contributed by atoms with E-state index in [0.717, 1.165) is 22.8 Å². The van der Waals surface area contributed by atoms with Crippen LogP contribution in [0.15, 0.2) is 46.4 Å². The third-order valence-corrected chi connectivity index (χ3v) is 6.20. The summed E-state index contributed by atoms with van der Waals surface area (Å²) in [7, 11) is 0. The van der Waals surface area contributed by atoms with E-state index in [-0.39, 0.29) is 5.78 Å². The molecule has 0 amide bonds. The number of rotatable bonds is 10. The van der Waals surface area contributed by atoms with Crippen molar-refractivity contribution in [1.82, 2.24) is 0 Å². The Morgan fingerprint density at radius 2 is 0.853 bits per heavy atom. The van der Waals surface area contributed by atoms with Crippen molar-refractivity contribution in [1.29, 1.82) is 0 Å². The number of carbonyl (C=O) groups excluding carboxylic acids is 1. The molecule has 2 aromatic rings. The van der Waals surface area contributed by atoms with Crippen LogP contribution in [0.4, 0.5) is 11.4 Å². The van der Waals surface area contributed by atoms with Gasteiger partial charge in [0.2, 0.25) is 0 Å². The Balaban J connectivity index is 2.28. The van der Waals surface area contributed by atoms with Crippen LogP contribution in [-0.2, 0) is 4.79 Å². The average Bonchev–Trinajstić information content (AvgIpc) is 2.72. The number of hydrogen-bond donors (Lipinski definition) is 0. The molecule has 2 aromatic carbocycles. The van der Waals surface area contributed by atoms with Crippen LogP contribution in [-0.4, -0.2) is 17.2 Å². The molecule has 0 aliphatic rings. The third-order valence-electron chi connectivity index (χ3n) is 6.20. The minimum atomic E-state index is 0.156. The van der Waals surface area contributed by atoms with Crippen LogP contribution >= 0.6 is 0 Å². The third kappa shape index (κ3) is 7.22. The minimum absolute atomic E-state index is 0.156. The van der Waals surface area contributed by atoms with Crippen molar-refractivity contribution in [2.75, 3.05) is 0 Å². The molecule has 0 bridgehead atoms. The Hall–Kier alpha value is -2.55. The van der Waals surface area contributed by atoms with Gasteiger partial charge in [-0.25, -0.2) is 0 Å². The maximum absolute atomic E-state index is 13.0. The Morgan fingerprint density at radius 1 is 0.588 bits per heavy atom. The maximum atomic E-state index is 13.0. The fourth-order valence-corrected chi connectivity index (χ4v) is 4.38. The Bertz CT molecular complexity index is 919. The molecule has 0 heterocycles. The molecule has 0 saturated heterocycles. The van der Waals surface area contributed by atoms with Gasteiger partial charge in [0.1, 0.15) is 5.78 Å². The SMILES string of the molecule is CC(CC(=O)CC(C)=Nc1c(C(C)C)cccc1C(C)C)=Nc1c(C(C)C)cccc1C(C)C. The normalized spacial score (nSPS) is 13.0. The zero-order chi connectivity index (χ0) is 25.6. The number of aliphatic imine (C=N–C) groups is 2. The van der Waals surface area contributed by atoms with Gasteiger partial charge in [0.15, 0.2) is 0 Å². The second kappa shape index (κ2) is 12.2. The number of ketones is 1. The molecule has 34 heavy (non-hydrogen) atoms. The summed E-state index contributed by atoms with van der Waals surface area (Å²) in [5.74, 6) is 1.68. The first-order valence-electron chi connectivity index (χ1n) is 12.8. The molecule has 0 fully saturated rings. The molecule has 184 valence electrons. The largest absolute Gasteiger partial charge is 0.299 e. The van der Waals surface area contributed by atoms with Crippen LogP contribution in [0.5, 0.6) is 0 Å². The summed E-state index contributed by atoms with van der Waals surface area (Å²) >= 11 is 0. The van der Waals surface area contributed by atoms with Crippen LogP contribution in [0.1, 0.15) is 128 Å². The lowest BCUT2D eigenvalue weighted by atomic mass is 9.92. The van der Waals surface area contributed by atoms with Gasteiger partial charge in [0.05, 0.1) is 11.4 Å². The topological polar surface area (TPSA) is 41.8 Å². The first-order valence-corrected chi connectivity index (χ1v) is 12.8. The number of Topliss-reactive ketones (excluding diaryl/α,β-unsaturated/α-hetero) is 1. The van der Waals surface area contributed by atoms with E-state index in [1.165, 1.54) is 22.3 Å². The lowest BCUT2D eigenvalue weighted by Gasteiger charge is -2.17. The fraction of sp³-hybridized carbons (Fsp3) is 0.516. The summed E-state index contributed by atoms with van der Waals surface area (Å²) < 4.78 is 0. The van der Waals surface area contributed by atoms with Crippen molar-refractivity contribution in [3.8, 4) is 0 Å². The zero-order valence-electron chi connectivity index (χ0n) is 23.0. The van der Waals surface area contributed by atoms with Gasteiger partial charge < -0.3 is 0 Å². The van der Waals surface area contributed by atoms with E-state index >= 15 is 0 Å². The van der Waals surface area contributed by atoms with Crippen LogP contribution in [0, 0.1) is 0 Å². The predicted octanol–water partition coefficient (Wildman–Crippen LogP) is 9.41. The molecule has 0 saturated carbocycles. The molecule has 2 rings (SSSR count). The smallest absolute Gasteiger partial charge is 0.144 e. The van der Waals surface area contributed by atoms with E-state index in [1.54, 1.807) is 0 Å². The first kappa shape index (κ1) is 27.7. The highest BCUT2D eigenvalue weighted by atomic mass is 16.1. The van der Waals surface area contributed by atoms with Crippen molar-refractivity contribution in [3.05, 3.63) is 58.7 Å². The maximum Gasteiger partial charge on any atom is 0.144 e. The number of nitrogens with zero attached hydrogens (tertiary/aromatic N) is 2. The molecule has 0 spiro atoms. The zero-order valence-corrected chi connectivity index (χ0v) is 23.0. The van der Waals surface area contributed by atoms with Gasteiger partial charge in [-0.1, -0.05) is 91.8 Å². The summed E-state index contributed by atoms with van der Waals surface area (Å²) in [4.78, 5) is 22.9. The van der Waals surface area contributed by atoms with Crippen molar-refractivity contribution in [2.45, 2.75) is 106 Å². The van der Waals surface area contributed by atoms with Gasteiger partial charge in [0, 0.05) is 24.3 Å². The van der Waals surface area contributed by atoms with E-state index in [4.69, 9.17) is 9.98 Å². The van der Waals surface area contributed by atoms with E-state index in [2.05, 4.69) is 91.8 Å². The fourth-order valence-electron chi connectivity index (χ4n) is 4.38. The Morgan fingerprint density at radius 3 is 1.09 bits per heavy atom. The van der Waals surface area contributed by atoms with Crippen molar-refractivity contribution < 1.29 is 4.79 Å². The molecular weight excluding hydrogens is 416 g/mol. The second-order valence-corrected chi connectivity index (χ2v) is 10.8. The molecule has 0 radical (unpaired) electrons. The van der Waals surface area contributed by atoms with Crippen molar-refractivity contribution in [3.63, 3.8) is 0 Å². The van der Waals surface area contributed by atoms with Gasteiger partial charge in [0.25, 0.3) is 0 Å². The molecule has 0 aromatic heterocycles. The highest BCUT2D eigenvalue weighted by Crippen LogP contribution is 2.36. The quantitative estimate of drug-likeness (QED) is 0.325. The molecule has 0 unspecified atom stereocenters. The molecule has 0 aliphatic heterocycles. The van der Waals surface area contributed by atoms with Crippen molar-refractivity contribution >= 4 is 28.6 Å². The Labute approximate surface area is 207 Å². The number of benzene rings is 2. The van der Waals surface area contributed by atoms with E-state index in [1.807, 2.05) is 13.8 Å². The van der Waals surface area contributed by atoms with Gasteiger partial charge in [-0.3, -0.25) is 14.8 Å². The molecular formula is C31H44N2O. The van der Waals surface area contributed by atoms with Crippen LogP contribution in [0.3, 0.4) is 0 Å². The van der Waals surface area contributed by atoms with Gasteiger partial charge >= 0.3 is 0 Å². The highest BCUT2D eigenvalue weighted by molar-refractivity contribution is 6.10. The monoisotopic (exact) mass is 460 g/mol. The predicted molar refractivity (Wildman–Crippen MR) is 149 cm³/mol. The summed E-state index contributed by atoms with van der Waals surface area (Å²) in [6.07, 6.45) is 0.694. The lowest BCUT2D eigenvalue weighted by Crippen LogP contribution is -2.09. The molecule has 0 atom stereocenters. The van der Waals surface area contributed by atoms with Crippen molar-refractivity contribution in [2.24, 2.45) is 9.98 Å². The van der Waals surface area contributed by atoms with E-state index < -0.39 is 0 Å².